The molecule has 7 heteroatoms. The van der Waals surface area contributed by atoms with Crippen molar-refractivity contribution in [1.82, 2.24) is 19.1 Å². The molecule has 0 spiro atoms. The van der Waals surface area contributed by atoms with Gasteiger partial charge in [-0.15, -0.1) is 0 Å². The molecule has 0 aliphatic carbocycles. The van der Waals surface area contributed by atoms with E-state index in [1.807, 2.05) is 0 Å². The zero-order valence-corrected chi connectivity index (χ0v) is 9.58. The molecule has 0 radical (unpaired) electrons. The number of H-pyrrole nitrogens is 1. The maximum atomic E-state index is 11.8. The number of fused-ring (bicyclic) bond motifs is 1. The Balaban J connectivity index is 2.28. The van der Waals surface area contributed by atoms with Gasteiger partial charge >= 0.3 is 5.69 Å². The first-order valence-corrected chi connectivity index (χ1v) is 5.33. The van der Waals surface area contributed by atoms with Gasteiger partial charge in [0.15, 0.2) is 11.2 Å². The van der Waals surface area contributed by atoms with Crippen molar-refractivity contribution in [1.29, 1.82) is 0 Å². The van der Waals surface area contributed by atoms with Crippen LogP contribution in [-0.4, -0.2) is 19.1 Å². The minimum absolute atomic E-state index is 0.232. The summed E-state index contributed by atoms with van der Waals surface area (Å²) in [6, 6.07) is 3.49. The second-order valence-electron chi connectivity index (χ2n) is 3.95. The van der Waals surface area contributed by atoms with Crippen molar-refractivity contribution in [2.75, 3.05) is 0 Å². The lowest BCUT2D eigenvalue weighted by Crippen LogP contribution is -2.31. The van der Waals surface area contributed by atoms with E-state index in [1.165, 1.54) is 17.2 Å². The Labute approximate surface area is 100 Å². The summed E-state index contributed by atoms with van der Waals surface area (Å²) < 4.78 is 8.14. The predicted octanol–water partition coefficient (Wildman–Crippen LogP) is 0.0646. The number of nitrogens with zero attached hydrogens (tertiary/aromatic N) is 3. The fourth-order valence-corrected chi connectivity index (χ4v) is 1.90. The lowest BCUT2D eigenvalue weighted by molar-refractivity contribution is 0.490. The Morgan fingerprint density at radius 3 is 3.00 bits per heavy atom. The standard InChI is InChI=1S/C11H10N4O3/c1-14-6-12-9-8(14)10(16)13-11(17)15(9)5-7-3-2-4-18-7/h2-4,6H,5H2,1H3,(H,13,16,17). The van der Waals surface area contributed by atoms with Gasteiger partial charge in [-0.05, 0) is 12.1 Å². The number of imidazole rings is 1. The SMILES string of the molecule is Cn1cnc2c1c(=O)[nH]c(=O)n2Cc1ccco1. The molecular formula is C11H10N4O3. The smallest absolute Gasteiger partial charge is 0.330 e. The zero-order valence-electron chi connectivity index (χ0n) is 9.58. The van der Waals surface area contributed by atoms with E-state index in [9.17, 15) is 9.59 Å². The van der Waals surface area contributed by atoms with Gasteiger partial charge in [-0.25, -0.2) is 9.78 Å². The van der Waals surface area contributed by atoms with Crippen LogP contribution in [0, 0.1) is 0 Å². The average Bonchev–Trinajstić information content (AvgIpc) is 2.94. The van der Waals surface area contributed by atoms with Gasteiger partial charge in [0.2, 0.25) is 0 Å². The maximum absolute atomic E-state index is 11.8. The highest BCUT2D eigenvalue weighted by Crippen LogP contribution is 2.07. The highest BCUT2D eigenvalue weighted by atomic mass is 16.3. The highest BCUT2D eigenvalue weighted by Gasteiger charge is 2.12. The van der Waals surface area contributed by atoms with Gasteiger partial charge in [0, 0.05) is 7.05 Å². The molecule has 1 N–H and O–H groups in total. The first-order valence-electron chi connectivity index (χ1n) is 5.33. The molecule has 3 rings (SSSR count). The largest absolute Gasteiger partial charge is 0.467 e. The van der Waals surface area contributed by atoms with Crippen LogP contribution in [0.1, 0.15) is 5.76 Å². The predicted molar refractivity (Wildman–Crippen MR) is 63.4 cm³/mol. The molecule has 3 heterocycles. The second-order valence-corrected chi connectivity index (χ2v) is 3.95. The lowest BCUT2D eigenvalue weighted by atomic mass is 10.4. The van der Waals surface area contributed by atoms with Crippen molar-refractivity contribution >= 4 is 11.2 Å². The normalized spacial score (nSPS) is 11.2. The van der Waals surface area contributed by atoms with Crippen LogP contribution in [0.2, 0.25) is 0 Å². The molecule has 0 unspecified atom stereocenters. The summed E-state index contributed by atoms with van der Waals surface area (Å²) >= 11 is 0. The topological polar surface area (TPSA) is 85.8 Å². The number of aromatic nitrogens is 4. The van der Waals surface area contributed by atoms with Crippen LogP contribution in [0.5, 0.6) is 0 Å². The third kappa shape index (κ3) is 1.48. The summed E-state index contributed by atoms with van der Waals surface area (Å²) in [6.45, 7) is 0.232. The molecule has 0 atom stereocenters. The van der Waals surface area contributed by atoms with Crippen molar-refractivity contribution in [2.24, 2.45) is 7.05 Å². The summed E-state index contributed by atoms with van der Waals surface area (Å²) in [5, 5.41) is 0. The summed E-state index contributed by atoms with van der Waals surface area (Å²) in [4.78, 5) is 29.8. The summed E-state index contributed by atoms with van der Waals surface area (Å²) in [7, 11) is 1.70. The minimum atomic E-state index is -0.498. The van der Waals surface area contributed by atoms with Crippen LogP contribution in [0.4, 0.5) is 0 Å². The molecule has 0 aromatic carbocycles. The van der Waals surface area contributed by atoms with Crippen LogP contribution >= 0.6 is 0 Å². The van der Waals surface area contributed by atoms with Gasteiger partial charge in [0.1, 0.15) is 5.76 Å². The molecule has 0 aliphatic rings. The lowest BCUT2D eigenvalue weighted by Gasteiger charge is -2.03. The number of rotatable bonds is 2. The molecule has 0 saturated carbocycles. The van der Waals surface area contributed by atoms with Crippen molar-refractivity contribution < 1.29 is 4.42 Å². The first-order chi connectivity index (χ1) is 8.66. The number of furan rings is 1. The van der Waals surface area contributed by atoms with E-state index in [2.05, 4.69) is 9.97 Å². The van der Waals surface area contributed by atoms with Crippen LogP contribution in [0.25, 0.3) is 11.2 Å². The Kier molecular flexibility index (Phi) is 2.19. The summed E-state index contributed by atoms with van der Waals surface area (Å²) in [5.41, 5.74) is -0.225. The number of hydrogen-bond donors (Lipinski definition) is 1. The van der Waals surface area contributed by atoms with E-state index in [0.717, 1.165) is 0 Å². The molecular weight excluding hydrogens is 236 g/mol. The van der Waals surface area contributed by atoms with Crippen LogP contribution in [0.3, 0.4) is 0 Å². The molecule has 18 heavy (non-hydrogen) atoms. The molecule has 3 aromatic heterocycles. The Hall–Kier alpha value is -2.57. The molecule has 3 aromatic rings. The van der Waals surface area contributed by atoms with E-state index >= 15 is 0 Å². The third-order valence-electron chi connectivity index (χ3n) is 2.75. The first kappa shape index (κ1) is 10.6. The fourth-order valence-electron chi connectivity index (χ4n) is 1.90. The van der Waals surface area contributed by atoms with E-state index in [1.54, 1.807) is 23.7 Å². The third-order valence-corrected chi connectivity index (χ3v) is 2.75. The molecule has 7 nitrogen and oxygen atoms in total. The molecule has 0 bridgehead atoms. The Morgan fingerprint density at radius 1 is 1.44 bits per heavy atom. The van der Waals surface area contributed by atoms with Gasteiger partial charge in [-0.2, -0.15) is 0 Å². The number of hydrogen-bond acceptors (Lipinski definition) is 4. The summed E-state index contributed by atoms with van der Waals surface area (Å²) in [6.07, 6.45) is 3.03. The average molecular weight is 246 g/mol. The Bertz CT molecular complexity index is 807. The fraction of sp³-hybridized carbons (Fsp3) is 0.182. The van der Waals surface area contributed by atoms with Crippen LogP contribution in [-0.2, 0) is 13.6 Å². The van der Waals surface area contributed by atoms with Crippen LogP contribution < -0.4 is 11.2 Å². The van der Waals surface area contributed by atoms with Crippen molar-refractivity contribution in [3.05, 3.63) is 51.3 Å². The van der Waals surface area contributed by atoms with Gasteiger partial charge in [0.25, 0.3) is 5.56 Å². The monoisotopic (exact) mass is 246 g/mol. The van der Waals surface area contributed by atoms with E-state index in [0.29, 0.717) is 16.9 Å². The maximum Gasteiger partial charge on any atom is 0.330 e. The molecule has 0 saturated heterocycles. The number of aryl methyl sites for hydroxylation is 1. The van der Waals surface area contributed by atoms with Crippen molar-refractivity contribution in [3.8, 4) is 0 Å². The molecule has 0 aliphatic heterocycles. The van der Waals surface area contributed by atoms with Gasteiger partial charge < -0.3 is 8.98 Å². The summed E-state index contributed by atoms with van der Waals surface area (Å²) in [5.74, 6) is 0.621. The van der Waals surface area contributed by atoms with Gasteiger partial charge in [-0.3, -0.25) is 14.3 Å². The van der Waals surface area contributed by atoms with E-state index < -0.39 is 11.2 Å². The van der Waals surface area contributed by atoms with Crippen molar-refractivity contribution in [2.45, 2.75) is 6.54 Å². The zero-order chi connectivity index (χ0) is 12.7. The molecule has 0 fully saturated rings. The Morgan fingerprint density at radius 2 is 2.28 bits per heavy atom. The minimum Gasteiger partial charge on any atom is -0.467 e. The molecule has 92 valence electrons. The number of nitrogens with one attached hydrogen (secondary N) is 1. The van der Waals surface area contributed by atoms with E-state index in [4.69, 9.17) is 4.42 Å². The second kappa shape index (κ2) is 3.73. The quantitative estimate of drug-likeness (QED) is 0.693. The van der Waals surface area contributed by atoms with Gasteiger partial charge in [-0.1, -0.05) is 0 Å². The highest BCUT2D eigenvalue weighted by molar-refractivity contribution is 5.69. The van der Waals surface area contributed by atoms with Crippen molar-refractivity contribution in [3.63, 3.8) is 0 Å². The van der Waals surface area contributed by atoms with Gasteiger partial charge in [0.05, 0.1) is 19.1 Å². The van der Waals surface area contributed by atoms with E-state index in [-0.39, 0.29) is 6.54 Å². The number of aromatic amines is 1. The molecule has 0 amide bonds. The van der Waals surface area contributed by atoms with Crippen LogP contribution in [0.15, 0.2) is 38.7 Å².